The molecule has 3 heteroatoms. The summed E-state index contributed by atoms with van der Waals surface area (Å²) in [4.78, 5) is 11.4. The van der Waals surface area contributed by atoms with E-state index in [0.29, 0.717) is 24.9 Å². The first kappa shape index (κ1) is 13.5. The van der Waals surface area contributed by atoms with Gasteiger partial charge in [-0.2, -0.15) is 0 Å². The number of unbranched alkanes of at least 4 members (excludes halogenated alkanes) is 1. The molecule has 0 bridgehead atoms. The van der Waals surface area contributed by atoms with Gasteiger partial charge in [-0.15, -0.1) is 0 Å². The van der Waals surface area contributed by atoms with E-state index < -0.39 is 0 Å². The van der Waals surface area contributed by atoms with E-state index in [1.165, 1.54) is 6.42 Å². The molecule has 1 fully saturated rings. The first-order valence-electron chi connectivity index (χ1n) is 6.25. The zero-order chi connectivity index (χ0) is 12.2. The Morgan fingerprint density at radius 2 is 2.00 bits per heavy atom. The monoisotopic (exact) mass is 228 g/mol. The predicted octanol–water partition coefficient (Wildman–Crippen LogP) is 2.52. The summed E-state index contributed by atoms with van der Waals surface area (Å²) >= 11 is 0. The fraction of sp³-hybridized carbons (Fsp3) is 0.923. The zero-order valence-electron chi connectivity index (χ0n) is 10.7. The summed E-state index contributed by atoms with van der Waals surface area (Å²) in [6, 6.07) is 0. The van der Waals surface area contributed by atoms with Crippen LogP contribution in [-0.2, 0) is 9.53 Å². The first-order chi connectivity index (χ1) is 7.42. The van der Waals surface area contributed by atoms with Crippen molar-refractivity contribution in [3.8, 4) is 0 Å². The molecule has 0 radical (unpaired) electrons. The number of aliphatic hydroxyl groups is 1. The van der Waals surface area contributed by atoms with Crippen molar-refractivity contribution in [3.05, 3.63) is 0 Å². The van der Waals surface area contributed by atoms with Crippen molar-refractivity contribution in [2.75, 3.05) is 6.61 Å². The number of hydrogen-bond donors (Lipinski definition) is 1. The van der Waals surface area contributed by atoms with Gasteiger partial charge >= 0.3 is 5.97 Å². The van der Waals surface area contributed by atoms with E-state index in [2.05, 4.69) is 0 Å². The third-order valence-corrected chi connectivity index (χ3v) is 2.93. The highest BCUT2D eigenvalue weighted by molar-refractivity contribution is 5.69. The van der Waals surface area contributed by atoms with Gasteiger partial charge in [-0.3, -0.25) is 4.79 Å². The molecule has 0 aliphatic heterocycles. The standard InChI is InChI=1S/C13H24O3/c1-13(2,3)16-12(15)7-5-4-6-10-8-11(10)9-14/h10-11,14H,4-9H2,1-3H3/t10-,11-/m1/s1. The molecule has 0 aromatic rings. The third kappa shape index (κ3) is 5.50. The molecule has 0 aromatic heterocycles. The van der Waals surface area contributed by atoms with Crippen LogP contribution >= 0.6 is 0 Å². The molecule has 0 amide bonds. The number of esters is 1. The summed E-state index contributed by atoms with van der Waals surface area (Å²) in [7, 11) is 0. The average molecular weight is 228 g/mol. The van der Waals surface area contributed by atoms with Crippen LogP contribution < -0.4 is 0 Å². The summed E-state index contributed by atoms with van der Waals surface area (Å²) < 4.78 is 5.22. The largest absolute Gasteiger partial charge is 0.460 e. The molecule has 2 atom stereocenters. The minimum Gasteiger partial charge on any atom is -0.460 e. The average Bonchev–Trinajstić information content (AvgIpc) is 2.88. The van der Waals surface area contributed by atoms with Crippen molar-refractivity contribution in [3.63, 3.8) is 0 Å². The van der Waals surface area contributed by atoms with Crippen LogP contribution in [0.1, 0.15) is 52.9 Å². The third-order valence-electron chi connectivity index (χ3n) is 2.93. The highest BCUT2D eigenvalue weighted by Gasteiger charge is 2.35. The van der Waals surface area contributed by atoms with Gasteiger partial charge in [-0.25, -0.2) is 0 Å². The highest BCUT2D eigenvalue weighted by atomic mass is 16.6. The van der Waals surface area contributed by atoms with Crippen molar-refractivity contribution in [2.45, 2.75) is 58.5 Å². The van der Waals surface area contributed by atoms with Crippen LogP contribution in [0.15, 0.2) is 0 Å². The molecule has 1 saturated carbocycles. The number of ether oxygens (including phenoxy) is 1. The molecular weight excluding hydrogens is 204 g/mol. The van der Waals surface area contributed by atoms with Crippen molar-refractivity contribution in [1.82, 2.24) is 0 Å². The van der Waals surface area contributed by atoms with Crippen molar-refractivity contribution < 1.29 is 14.6 Å². The Morgan fingerprint density at radius 3 is 2.50 bits per heavy atom. The maximum Gasteiger partial charge on any atom is 0.306 e. The van der Waals surface area contributed by atoms with E-state index in [-0.39, 0.29) is 11.6 Å². The molecule has 1 aliphatic carbocycles. The van der Waals surface area contributed by atoms with Gasteiger partial charge in [-0.05, 0) is 45.4 Å². The van der Waals surface area contributed by atoms with Crippen molar-refractivity contribution in [2.24, 2.45) is 11.8 Å². The van der Waals surface area contributed by atoms with Crippen molar-refractivity contribution >= 4 is 5.97 Å². The van der Waals surface area contributed by atoms with Gasteiger partial charge in [-0.1, -0.05) is 12.8 Å². The second-order valence-electron chi connectivity index (χ2n) is 5.77. The van der Waals surface area contributed by atoms with Gasteiger partial charge in [0.25, 0.3) is 0 Å². The van der Waals surface area contributed by atoms with E-state index in [1.54, 1.807) is 0 Å². The Labute approximate surface area is 98.2 Å². The quantitative estimate of drug-likeness (QED) is 0.561. The minimum absolute atomic E-state index is 0.0954. The maximum absolute atomic E-state index is 11.4. The molecular formula is C13H24O3. The van der Waals surface area contributed by atoms with E-state index in [0.717, 1.165) is 19.3 Å². The molecule has 1 rings (SSSR count). The molecule has 1 N–H and O–H groups in total. The Morgan fingerprint density at radius 1 is 1.31 bits per heavy atom. The fourth-order valence-corrected chi connectivity index (χ4v) is 1.96. The van der Waals surface area contributed by atoms with Crippen LogP contribution in [0.3, 0.4) is 0 Å². The SMILES string of the molecule is CC(C)(C)OC(=O)CCCC[C@@H]1C[C@@H]1CO. The van der Waals surface area contributed by atoms with Gasteiger partial charge < -0.3 is 9.84 Å². The zero-order valence-corrected chi connectivity index (χ0v) is 10.7. The van der Waals surface area contributed by atoms with E-state index in [9.17, 15) is 4.79 Å². The topological polar surface area (TPSA) is 46.5 Å². The Bertz CT molecular complexity index is 230. The molecule has 16 heavy (non-hydrogen) atoms. The lowest BCUT2D eigenvalue weighted by Gasteiger charge is -2.19. The minimum atomic E-state index is -0.366. The first-order valence-corrected chi connectivity index (χ1v) is 6.25. The summed E-state index contributed by atoms with van der Waals surface area (Å²) in [6.45, 7) is 6.00. The lowest BCUT2D eigenvalue weighted by molar-refractivity contribution is -0.154. The number of hydrogen-bond acceptors (Lipinski definition) is 3. The summed E-state index contributed by atoms with van der Waals surface area (Å²) in [6.07, 6.45) is 4.81. The second-order valence-corrected chi connectivity index (χ2v) is 5.77. The molecule has 3 nitrogen and oxygen atoms in total. The fourth-order valence-electron chi connectivity index (χ4n) is 1.96. The van der Waals surface area contributed by atoms with Crippen LogP contribution in [0, 0.1) is 11.8 Å². The Hall–Kier alpha value is -0.570. The van der Waals surface area contributed by atoms with Gasteiger partial charge in [0.1, 0.15) is 5.60 Å². The van der Waals surface area contributed by atoms with E-state index in [1.807, 2.05) is 20.8 Å². The Kier molecular flexibility index (Phi) is 4.78. The van der Waals surface area contributed by atoms with E-state index >= 15 is 0 Å². The van der Waals surface area contributed by atoms with Crippen LogP contribution in [0.5, 0.6) is 0 Å². The molecule has 0 heterocycles. The van der Waals surface area contributed by atoms with Gasteiger partial charge in [0, 0.05) is 13.0 Å². The number of rotatable bonds is 6. The Balaban J connectivity index is 1.97. The lowest BCUT2D eigenvalue weighted by Crippen LogP contribution is -2.23. The molecule has 0 spiro atoms. The predicted molar refractivity (Wildman–Crippen MR) is 63.0 cm³/mol. The normalized spacial score (nSPS) is 24.2. The van der Waals surface area contributed by atoms with Crippen LogP contribution in [-0.4, -0.2) is 23.3 Å². The number of carbonyl (C=O) groups excluding carboxylic acids is 1. The molecule has 0 saturated heterocycles. The summed E-state index contributed by atoms with van der Waals surface area (Å²) in [5.74, 6) is 1.16. The lowest BCUT2D eigenvalue weighted by atomic mass is 10.1. The molecule has 94 valence electrons. The number of aliphatic hydroxyl groups excluding tert-OH is 1. The smallest absolute Gasteiger partial charge is 0.306 e. The van der Waals surface area contributed by atoms with Gasteiger partial charge in [0.15, 0.2) is 0 Å². The summed E-state index contributed by atoms with van der Waals surface area (Å²) in [5.41, 5.74) is -0.366. The van der Waals surface area contributed by atoms with Crippen LogP contribution in [0.2, 0.25) is 0 Å². The van der Waals surface area contributed by atoms with Gasteiger partial charge in [0.2, 0.25) is 0 Å². The molecule has 1 aliphatic rings. The number of carbonyl (C=O) groups is 1. The molecule has 0 aromatic carbocycles. The van der Waals surface area contributed by atoms with Crippen LogP contribution in [0.4, 0.5) is 0 Å². The molecule has 0 unspecified atom stereocenters. The maximum atomic E-state index is 11.4. The van der Waals surface area contributed by atoms with Crippen molar-refractivity contribution in [1.29, 1.82) is 0 Å². The highest BCUT2D eigenvalue weighted by Crippen LogP contribution is 2.41. The van der Waals surface area contributed by atoms with Gasteiger partial charge in [0.05, 0.1) is 0 Å². The van der Waals surface area contributed by atoms with E-state index in [4.69, 9.17) is 9.84 Å². The summed E-state index contributed by atoms with van der Waals surface area (Å²) in [5, 5.41) is 8.87. The van der Waals surface area contributed by atoms with Crippen LogP contribution in [0.25, 0.3) is 0 Å². The second kappa shape index (κ2) is 5.67.